The second-order valence-corrected chi connectivity index (χ2v) is 5.53. The Balaban J connectivity index is 2.05. The maximum absolute atomic E-state index is 12.6. The quantitative estimate of drug-likeness (QED) is 0.912. The van der Waals surface area contributed by atoms with Gasteiger partial charge in [-0.1, -0.05) is 6.92 Å². The van der Waals surface area contributed by atoms with E-state index in [9.17, 15) is 9.59 Å². The molecule has 6 nitrogen and oxygen atoms in total. The average Bonchev–Trinajstić information content (AvgIpc) is 2.46. The molecule has 0 atom stereocenters. The predicted molar refractivity (Wildman–Crippen MR) is 77.0 cm³/mol. The lowest BCUT2D eigenvalue weighted by molar-refractivity contribution is -0.138. The van der Waals surface area contributed by atoms with E-state index in [1.807, 2.05) is 13.8 Å². The molecule has 0 unspecified atom stereocenters. The van der Waals surface area contributed by atoms with Crippen molar-refractivity contribution in [2.45, 2.75) is 39.5 Å². The van der Waals surface area contributed by atoms with Crippen LogP contribution in [0.15, 0.2) is 6.07 Å². The van der Waals surface area contributed by atoms with Crippen LogP contribution in [0.2, 0.25) is 0 Å². The van der Waals surface area contributed by atoms with E-state index in [4.69, 9.17) is 5.11 Å². The van der Waals surface area contributed by atoms with Crippen molar-refractivity contribution < 1.29 is 14.7 Å². The van der Waals surface area contributed by atoms with Crippen molar-refractivity contribution in [3.05, 3.63) is 23.0 Å². The molecule has 2 heterocycles. The summed E-state index contributed by atoms with van der Waals surface area (Å²) in [5.74, 6) is -0.602. The molecule has 0 aromatic carbocycles. The third-order valence-corrected chi connectivity index (χ3v) is 3.92. The van der Waals surface area contributed by atoms with Crippen LogP contribution in [-0.2, 0) is 11.2 Å². The van der Waals surface area contributed by atoms with Crippen LogP contribution in [0.3, 0.4) is 0 Å². The van der Waals surface area contributed by atoms with Gasteiger partial charge in [0.25, 0.3) is 5.91 Å². The highest BCUT2D eigenvalue weighted by atomic mass is 16.4. The average molecular weight is 291 g/mol. The van der Waals surface area contributed by atoms with Crippen LogP contribution in [0.25, 0.3) is 0 Å². The fraction of sp³-hybridized carbons (Fsp3) is 0.600. The van der Waals surface area contributed by atoms with E-state index in [1.165, 1.54) is 0 Å². The van der Waals surface area contributed by atoms with Crippen molar-refractivity contribution in [1.29, 1.82) is 0 Å². The van der Waals surface area contributed by atoms with Gasteiger partial charge < -0.3 is 10.0 Å². The minimum absolute atomic E-state index is 0.0152. The first kappa shape index (κ1) is 15.4. The molecule has 21 heavy (non-hydrogen) atoms. The van der Waals surface area contributed by atoms with E-state index in [2.05, 4.69) is 10.2 Å². The van der Waals surface area contributed by atoms with Crippen LogP contribution in [0, 0.1) is 12.8 Å². The normalized spacial score (nSPS) is 16.0. The van der Waals surface area contributed by atoms with Gasteiger partial charge in [0.1, 0.15) is 0 Å². The van der Waals surface area contributed by atoms with E-state index in [-0.39, 0.29) is 18.2 Å². The third kappa shape index (κ3) is 3.77. The molecule has 1 saturated heterocycles. The standard InChI is InChI=1S/C15H21N3O3/c1-3-13-12(8-10(2)16-17-13)15(21)18-6-4-11(5-7-18)9-14(19)20/h8,11H,3-7,9H2,1-2H3,(H,19,20). The number of carbonyl (C=O) groups is 2. The molecule has 1 fully saturated rings. The van der Waals surface area contributed by atoms with E-state index >= 15 is 0 Å². The molecule has 1 aromatic heterocycles. The summed E-state index contributed by atoms with van der Waals surface area (Å²) in [6.45, 7) is 5.00. The van der Waals surface area contributed by atoms with E-state index < -0.39 is 5.97 Å². The van der Waals surface area contributed by atoms with Gasteiger partial charge in [0.15, 0.2) is 0 Å². The molecule has 1 aromatic rings. The first-order valence-corrected chi connectivity index (χ1v) is 7.35. The number of hydrogen-bond donors (Lipinski definition) is 1. The SMILES string of the molecule is CCc1nnc(C)cc1C(=O)N1CCC(CC(=O)O)CC1. The van der Waals surface area contributed by atoms with Crippen molar-refractivity contribution in [3.63, 3.8) is 0 Å². The van der Waals surface area contributed by atoms with E-state index in [1.54, 1.807) is 11.0 Å². The molecule has 1 N–H and O–H groups in total. The van der Waals surface area contributed by atoms with Crippen LogP contribution < -0.4 is 0 Å². The summed E-state index contributed by atoms with van der Waals surface area (Å²) in [4.78, 5) is 25.1. The van der Waals surface area contributed by atoms with Crippen molar-refractivity contribution in [3.8, 4) is 0 Å². The highest BCUT2D eigenvalue weighted by molar-refractivity contribution is 5.95. The Morgan fingerprint density at radius 1 is 1.33 bits per heavy atom. The first-order valence-electron chi connectivity index (χ1n) is 7.35. The molecule has 0 aliphatic carbocycles. The maximum atomic E-state index is 12.6. The van der Waals surface area contributed by atoms with Gasteiger partial charge in [0.2, 0.25) is 0 Å². The molecule has 2 rings (SSSR count). The number of likely N-dealkylation sites (tertiary alicyclic amines) is 1. The number of hydrogen-bond acceptors (Lipinski definition) is 4. The lowest BCUT2D eigenvalue weighted by atomic mass is 9.93. The van der Waals surface area contributed by atoms with Gasteiger partial charge in [-0.25, -0.2) is 0 Å². The van der Waals surface area contributed by atoms with Gasteiger partial charge in [0.05, 0.1) is 17.0 Å². The molecule has 1 aliphatic rings. The summed E-state index contributed by atoms with van der Waals surface area (Å²) in [7, 11) is 0. The van der Waals surface area contributed by atoms with Crippen LogP contribution in [0.5, 0.6) is 0 Å². The molecule has 1 amide bonds. The highest BCUT2D eigenvalue weighted by Gasteiger charge is 2.26. The number of amides is 1. The second-order valence-electron chi connectivity index (χ2n) is 5.53. The summed E-state index contributed by atoms with van der Waals surface area (Å²) in [5.41, 5.74) is 2.08. The summed E-state index contributed by atoms with van der Waals surface area (Å²) in [5, 5.41) is 16.9. The van der Waals surface area contributed by atoms with Crippen molar-refractivity contribution in [2.75, 3.05) is 13.1 Å². The molecule has 1 aliphatic heterocycles. The molecule has 114 valence electrons. The van der Waals surface area contributed by atoms with Crippen LogP contribution in [0.1, 0.15) is 47.9 Å². The molecular formula is C15H21N3O3. The van der Waals surface area contributed by atoms with Crippen LogP contribution in [-0.4, -0.2) is 45.2 Å². The summed E-state index contributed by atoms with van der Waals surface area (Å²) in [6, 6.07) is 1.79. The number of aliphatic carboxylic acids is 1. The summed E-state index contributed by atoms with van der Waals surface area (Å²) >= 11 is 0. The van der Waals surface area contributed by atoms with Gasteiger partial charge >= 0.3 is 5.97 Å². The molecule has 0 saturated carbocycles. The summed E-state index contributed by atoms with van der Waals surface area (Å²) in [6.07, 6.45) is 2.36. The third-order valence-electron chi connectivity index (χ3n) is 3.92. The van der Waals surface area contributed by atoms with E-state index in [0.29, 0.717) is 25.1 Å². The number of carboxylic acids is 1. The van der Waals surface area contributed by atoms with Crippen molar-refractivity contribution >= 4 is 11.9 Å². The van der Waals surface area contributed by atoms with Gasteiger partial charge in [-0.3, -0.25) is 9.59 Å². The molecular weight excluding hydrogens is 270 g/mol. The zero-order valence-electron chi connectivity index (χ0n) is 12.5. The molecule has 6 heteroatoms. The number of aryl methyl sites for hydroxylation is 2. The Kier molecular flexibility index (Phi) is 4.88. The second kappa shape index (κ2) is 6.65. The Labute approximate surface area is 124 Å². The fourth-order valence-corrected chi connectivity index (χ4v) is 2.72. The number of carboxylic acid groups (broad SMARTS) is 1. The zero-order chi connectivity index (χ0) is 15.4. The Morgan fingerprint density at radius 3 is 2.57 bits per heavy atom. The van der Waals surface area contributed by atoms with Gasteiger partial charge in [0, 0.05) is 19.5 Å². The highest BCUT2D eigenvalue weighted by Crippen LogP contribution is 2.22. The first-order chi connectivity index (χ1) is 10.0. The summed E-state index contributed by atoms with van der Waals surface area (Å²) < 4.78 is 0. The van der Waals surface area contributed by atoms with Gasteiger partial charge in [-0.2, -0.15) is 10.2 Å². The van der Waals surface area contributed by atoms with Crippen molar-refractivity contribution in [1.82, 2.24) is 15.1 Å². The number of piperidine rings is 1. The minimum atomic E-state index is -0.762. The van der Waals surface area contributed by atoms with Crippen LogP contribution in [0.4, 0.5) is 0 Å². The Hall–Kier alpha value is -1.98. The number of aromatic nitrogens is 2. The van der Waals surface area contributed by atoms with Crippen LogP contribution >= 0.6 is 0 Å². The zero-order valence-corrected chi connectivity index (χ0v) is 12.5. The lowest BCUT2D eigenvalue weighted by Gasteiger charge is -2.31. The smallest absolute Gasteiger partial charge is 0.303 e. The largest absolute Gasteiger partial charge is 0.481 e. The topological polar surface area (TPSA) is 83.4 Å². The fourth-order valence-electron chi connectivity index (χ4n) is 2.72. The predicted octanol–water partition coefficient (Wildman–Crippen LogP) is 1.67. The Morgan fingerprint density at radius 2 is 2.00 bits per heavy atom. The minimum Gasteiger partial charge on any atom is -0.481 e. The lowest BCUT2D eigenvalue weighted by Crippen LogP contribution is -2.39. The molecule has 0 spiro atoms. The monoisotopic (exact) mass is 291 g/mol. The number of nitrogens with zero attached hydrogens (tertiary/aromatic N) is 3. The number of carbonyl (C=O) groups excluding carboxylic acids is 1. The molecule has 0 radical (unpaired) electrons. The Bertz CT molecular complexity index is 537. The van der Waals surface area contributed by atoms with Gasteiger partial charge in [-0.15, -0.1) is 0 Å². The van der Waals surface area contributed by atoms with Crippen molar-refractivity contribution in [2.24, 2.45) is 5.92 Å². The molecule has 0 bridgehead atoms. The van der Waals surface area contributed by atoms with E-state index in [0.717, 1.165) is 24.2 Å². The van der Waals surface area contributed by atoms with Gasteiger partial charge in [-0.05, 0) is 38.2 Å². The maximum Gasteiger partial charge on any atom is 0.303 e. The number of rotatable bonds is 4.